The van der Waals surface area contributed by atoms with Crippen LogP contribution in [0.4, 0.5) is 4.79 Å². The lowest BCUT2D eigenvalue weighted by Crippen LogP contribution is -2.59. The van der Waals surface area contributed by atoms with E-state index in [2.05, 4.69) is 0 Å². The molecule has 2 bridgehead atoms. The summed E-state index contributed by atoms with van der Waals surface area (Å²) < 4.78 is 10.5. The average molecular weight is 288 g/mol. The lowest BCUT2D eigenvalue weighted by molar-refractivity contribution is -0.282. The molecule has 2 rings (SSSR count). The first kappa shape index (κ1) is 15.5. The molecule has 116 valence electrons. The molecule has 4 atom stereocenters. The van der Waals surface area contributed by atoms with Gasteiger partial charge in [-0.1, -0.05) is 0 Å². The Bertz CT molecular complexity index is 363. The number of hydrogen-bond acceptors (Lipinski definition) is 6. The number of ether oxygens (including phenoxy) is 2. The minimum atomic E-state index is -1.26. The molecule has 0 aromatic rings. The smallest absolute Gasteiger partial charge is 0.425 e. The lowest BCUT2D eigenvalue weighted by atomic mass is 10.2. The minimum absolute atomic E-state index is 0.147. The number of aliphatic hydroxyl groups is 2. The first-order valence-corrected chi connectivity index (χ1v) is 7.11. The van der Waals surface area contributed by atoms with E-state index in [1.54, 1.807) is 27.7 Å². The Morgan fingerprint density at radius 2 is 1.85 bits per heavy atom. The second-order valence-corrected chi connectivity index (χ2v) is 5.93. The standard InChI is InChI=1S/C13H24N2O5/c1-7(2)19-12(17)14-9-5-10(11(16)6-9)15(14)13(18)20-8(3)4/h7-11,13,16,18H,5-6H2,1-4H3. The van der Waals surface area contributed by atoms with Gasteiger partial charge >= 0.3 is 6.09 Å². The maximum atomic E-state index is 12.2. The highest BCUT2D eigenvalue weighted by Crippen LogP contribution is 2.39. The summed E-state index contributed by atoms with van der Waals surface area (Å²) in [5.74, 6) is 0. The van der Waals surface area contributed by atoms with Gasteiger partial charge in [0.2, 0.25) is 6.41 Å². The van der Waals surface area contributed by atoms with Gasteiger partial charge in [0, 0.05) is 0 Å². The molecule has 1 amide bonds. The fraction of sp³-hybridized carbons (Fsp3) is 0.923. The molecule has 0 aromatic carbocycles. The minimum Gasteiger partial charge on any atom is -0.446 e. The molecular formula is C13H24N2O5. The Kier molecular flexibility index (Phi) is 4.53. The second-order valence-electron chi connectivity index (χ2n) is 5.93. The van der Waals surface area contributed by atoms with Crippen LogP contribution in [0.3, 0.4) is 0 Å². The molecule has 1 heterocycles. The Morgan fingerprint density at radius 3 is 2.40 bits per heavy atom. The van der Waals surface area contributed by atoms with Crippen molar-refractivity contribution in [2.75, 3.05) is 0 Å². The van der Waals surface area contributed by atoms with Gasteiger partial charge in [-0.15, -0.1) is 0 Å². The molecule has 4 unspecified atom stereocenters. The van der Waals surface area contributed by atoms with E-state index in [0.29, 0.717) is 12.8 Å². The molecule has 0 spiro atoms. The fourth-order valence-electron chi connectivity index (χ4n) is 2.88. The third-order valence-electron chi connectivity index (χ3n) is 3.55. The van der Waals surface area contributed by atoms with Crippen molar-refractivity contribution in [3.63, 3.8) is 0 Å². The van der Waals surface area contributed by atoms with Crippen molar-refractivity contribution in [3.8, 4) is 0 Å². The molecule has 1 saturated heterocycles. The SMILES string of the molecule is CC(C)OC(=O)N1C2CC(O)C(C2)N1C(O)OC(C)C. The summed E-state index contributed by atoms with van der Waals surface area (Å²) in [5, 5.41) is 22.9. The summed E-state index contributed by atoms with van der Waals surface area (Å²) >= 11 is 0. The Balaban J connectivity index is 2.14. The number of aliphatic hydroxyl groups excluding tert-OH is 2. The molecule has 7 heteroatoms. The summed E-state index contributed by atoms with van der Waals surface area (Å²) in [6.45, 7) is 7.13. The highest BCUT2D eigenvalue weighted by molar-refractivity contribution is 5.68. The number of hydrazine groups is 1. The first-order valence-electron chi connectivity index (χ1n) is 7.11. The van der Waals surface area contributed by atoms with Crippen LogP contribution in [-0.4, -0.2) is 63.1 Å². The summed E-state index contributed by atoms with van der Waals surface area (Å²) in [6.07, 6.45) is -1.64. The van der Waals surface area contributed by atoms with Crippen molar-refractivity contribution in [1.82, 2.24) is 10.0 Å². The van der Waals surface area contributed by atoms with Gasteiger partial charge in [0.05, 0.1) is 30.4 Å². The van der Waals surface area contributed by atoms with Gasteiger partial charge in [-0.2, -0.15) is 5.01 Å². The van der Waals surface area contributed by atoms with Gasteiger partial charge in [0.25, 0.3) is 0 Å². The zero-order chi connectivity index (χ0) is 15.0. The van der Waals surface area contributed by atoms with E-state index in [4.69, 9.17) is 9.47 Å². The molecule has 0 aromatic heterocycles. The highest BCUT2D eigenvalue weighted by Gasteiger charge is 2.55. The van der Waals surface area contributed by atoms with Crippen LogP contribution in [-0.2, 0) is 9.47 Å². The van der Waals surface area contributed by atoms with Crippen molar-refractivity contribution in [2.24, 2.45) is 0 Å². The van der Waals surface area contributed by atoms with Gasteiger partial charge in [-0.3, -0.25) is 0 Å². The van der Waals surface area contributed by atoms with Crippen molar-refractivity contribution in [1.29, 1.82) is 0 Å². The normalized spacial score (nSPS) is 31.4. The lowest BCUT2D eigenvalue weighted by Gasteiger charge is -2.41. The van der Waals surface area contributed by atoms with E-state index >= 15 is 0 Å². The van der Waals surface area contributed by atoms with Gasteiger partial charge in [0.1, 0.15) is 0 Å². The summed E-state index contributed by atoms with van der Waals surface area (Å²) in [7, 11) is 0. The molecule has 7 nitrogen and oxygen atoms in total. The molecule has 0 radical (unpaired) electrons. The van der Waals surface area contributed by atoms with Crippen LogP contribution in [0.15, 0.2) is 0 Å². The molecule has 1 aliphatic heterocycles. The van der Waals surface area contributed by atoms with E-state index in [0.717, 1.165) is 0 Å². The monoisotopic (exact) mass is 288 g/mol. The first-order chi connectivity index (χ1) is 9.31. The molecule has 20 heavy (non-hydrogen) atoms. The van der Waals surface area contributed by atoms with E-state index in [1.165, 1.54) is 10.0 Å². The zero-order valence-corrected chi connectivity index (χ0v) is 12.4. The van der Waals surface area contributed by atoms with Gasteiger partial charge in [-0.25, -0.2) is 9.80 Å². The predicted molar refractivity (Wildman–Crippen MR) is 70.3 cm³/mol. The number of nitrogens with zero attached hydrogens (tertiary/aromatic N) is 2. The number of rotatable bonds is 4. The van der Waals surface area contributed by atoms with Crippen LogP contribution in [0.25, 0.3) is 0 Å². The van der Waals surface area contributed by atoms with Crippen molar-refractivity contribution >= 4 is 6.09 Å². The Morgan fingerprint density at radius 1 is 1.20 bits per heavy atom. The van der Waals surface area contributed by atoms with Crippen LogP contribution >= 0.6 is 0 Å². The van der Waals surface area contributed by atoms with Gasteiger partial charge in [-0.05, 0) is 40.5 Å². The fourth-order valence-corrected chi connectivity index (χ4v) is 2.88. The van der Waals surface area contributed by atoms with Gasteiger partial charge in [0.15, 0.2) is 0 Å². The highest BCUT2D eigenvalue weighted by atomic mass is 16.6. The van der Waals surface area contributed by atoms with E-state index in [1.807, 2.05) is 0 Å². The van der Waals surface area contributed by atoms with Crippen LogP contribution in [0.1, 0.15) is 40.5 Å². The third kappa shape index (κ3) is 2.90. The molecule has 1 saturated carbocycles. The number of carbonyl (C=O) groups is 1. The number of hydrogen-bond donors (Lipinski definition) is 2. The van der Waals surface area contributed by atoms with Crippen LogP contribution in [0.2, 0.25) is 0 Å². The summed E-state index contributed by atoms with van der Waals surface area (Å²) in [6, 6.07) is -0.458. The summed E-state index contributed by atoms with van der Waals surface area (Å²) in [5.41, 5.74) is 0. The zero-order valence-electron chi connectivity index (χ0n) is 12.4. The van der Waals surface area contributed by atoms with Crippen LogP contribution < -0.4 is 0 Å². The van der Waals surface area contributed by atoms with Crippen LogP contribution in [0, 0.1) is 0 Å². The number of amides is 1. The van der Waals surface area contributed by atoms with Crippen molar-refractivity contribution < 1.29 is 24.5 Å². The van der Waals surface area contributed by atoms with Crippen molar-refractivity contribution in [2.45, 2.75) is 77.3 Å². The van der Waals surface area contributed by atoms with Gasteiger partial charge < -0.3 is 19.7 Å². The number of fused-ring (bicyclic) bond motifs is 2. The summed E-state index contributed by atoms with van der Waals surface area (Å²) in [4.78, 5) is 12.2. The second kappa shape index (κ2) is 5.85. The van der Waals surface area contributed by atoms with E-state index in [9.17, 15) is 15.0 Å². The predicted octanol–water partition coefficient (Wildman–Crippen LogP) is 0.657. The maximum Gasteiger partial charge on any atom is 0.425 e. The molecule has 2 aliphatic rings. The van der Waals surface area contributed by atoms with Crippen molar-refractivity contribution in [3.05, 3.63) is 0 Å². The molecule has 2 fully saturated rings. The van der Waals surface area contributed by atoms with E-state index < -0.39 is 18.6 Å². The Hall–Kier alpha value is -0.890. The number of carbonyl (C=O) groups excluding carboxylic acids is 1. The average Bonchev–Trinajstić information content (AvgIpc) is 2.82. The molecule has 2 N–H and O–H groups in total. The molecule has 1 aliphatic carbocycles. The maximum absolute atomic E-state index is 12.2. The third-order valence-corrected chi connectivity index (χ3v) is 3.55. The topological polar surface area (TPSA) is 82.5 Å². The van der Waals surface area contributed by atoms with Crippen LogP contribution in [0.5, 0.6) is 0 Å². The largest absolute Gasteiger partial charge is 0.446 e. The molecular weight excluding hydrogens is 264 g/mol. The Labute approximate surface area is 119 Å². The van der Waals surface area contributed by atoms with E-state index in [-0.39, 0.29) is 24.3 Å². The quantitative estimate of drug-likeness (QED) is 0.739.